The van der Waals surface area contributed by atoms with Crippen LogP contribution < -0.4 is 5.32 Å². The molecule has 108 valence electrons. The van der Waals surface area contributed by atoms with Crippen molar-refractivity contribution >= 4 is 18.0 Å². The number of aliphatic carboxylic acids is 1. The number of halogens is 1. The number of hydrogen-bond donors (Lipinski definition) is 3. The van der Waals surface area contributed by atoms with Crippen LogP contribution in [0.5, 0.6) is 0 Å². The average Bonchev–Trinajstić information content (AvgIpc) is 2.98. The van der Waals surface area contributed by atoms with Gasteiger partial charge in [-0.25, -0.2) is 9.18 Å². The molecule has 0 saturated heterocycles. The van der Waals surface area contributed by atoms with Crippen LogP contribution in [0.2, 0.25) is 0 Å². The van der Waals surface area contributed by atoms with E-state index in [-0.39, 0.29) is 17.8 Å². The summed E-state index contributed by atoms with van der Waals surface area (Å²) in [7, 11) is 0. The highest BCUT2D eigenvalue weighted by Gasteiger charge is 2.10. The van der Waals surface area contributed by atoms with Crippen LogP contribution in [0, 0.1) is 5.82 Å². The number of amides is 1. The van der Waals surface area contributed by atoms with Crippen molar-refractivity contribution in [2.24, 2.45) is 0 Å². The third-order valence-electron chi connectivity index (χ3n) is 2.58. The lowest BCUT2D eigenvalue weighted by Crippen LogP contribution is -2.23. The zero-order valence-corrected chi connectivity index (χ0v) is 10.7. The maximum absolute atomic E-state index is 13.6. The number of nitrogens with one attached hydrogen (secondary N) is 2. The van der Waals surface area contributed by atoms with Crippen molar-refractivity contribution in [1.29, 1.82) is 0 Å². The van der Waals surface area contributed by atoms with Gasteiger partial charge in [-0.15, -0.1) is 0 Å². The van der Waals surface area contributed by atoms with Gasteiger partial charge in [-0.3, -0.25) is 4.79 Å². The summed E-state index contributed by atoms with van der Waals surface area (Å²) in [4.78, 5) is 22.1. The van der Waals surface area contributed by atoms with Gasteiger partial charge in [0.2, 0.25) is 0 Å². The van der Waals surface area contributed by atoms with Crippen LogP contribution >= 0.6 is 0 Å². The molecule has 2 aromatic rings. The molecular weight excluding hydrogens is 279 g/mol. The SMILES string of the molecule is O=C(O)/C=C/c1ccc(F)c(CNC(=O)c2cn[nH]n2)c1. The number of benzene rings is 1. The third kappa shape index (κ3) is 3.96. The number of rotatable bonds is 5. The van der Waals surface area contributed by atoms with Crippen molar-refractivity contribution in [2.75, 3.05) is 0 Å². The molecule has 1 heterocycles. The number of nitrogens with zero attached hydrogens (tertiary/aromatic N) is 2. The summed E-state index contributed by atoms with van der Waals surface area (Å²) in [6.07, 6.45) is 3.54. The van der Waals surface area contributed by atoms with E-state index in [1.807, 2.05) is 0 Å². The molecule has 0 unspecified atom stereocenters. The van der Waals surface area contributed by atoms with Gasteiger partial charge in [-0.05, 0) is 23.8 Å². The predicted molar refractivity (Wildman–Crippen MR) is 70.6 cm³/mol. The minimum atomic E-state index is -1.10. The molecule has 0 spiro atoms. The molecule has 1 amide bonds. The largest absolute Gasteiger partial charge is 0.478 e. The summed E-state index contributed by atoms with van der Waals surface area (Å²) >= 11 is 0. The Balaban J connectivity index is 2.07. The number of carboxylic acids is 1. The molecule has 0 saturated carbocycles. The Bertz CT molecular complexity index is 683. The fourth-order valence-corrected chi connectivity index (χ4v) is 1.58. The minimum absolute atomic E-state index is 0.0493. The molecule has 0 aliphatic carbocycles. The second-order valence-electron chi connectivity index (χ2n) is 4.06. The molecule has 0 aliphatic heterocycles. The van der Waals surface area contributed by atoms with Crippen LogP contribution in [-0.4, -0.2) is 32.4 Å². The molecule has 7 nitrogen and oxygen atoms in total. The molecule has 2 rings (SSSR count). The third-order valence-corrected chi connectivity index (χ3v) is 2.58. The van der Waals surface area contributed by atoms with E-state index in [0.717, 1.165) is 6.08 Å². The molecule has 21 heavy (non-hydrogen) atoms. The van der Waals surface area contributed by atoms with Gasteiger partial charge in [0.05, 0.1) is 6.20 Å². The minimum Gasteiger partial charge on any atom is -0.478 e. The van der Waals surface area contributed by atoms with Gasteiger partial charge in [0.25, 0.3) is 5.91 Å². The Morgan fingerprint density at radius 3 is 2.90 bits per heavy atom. The number of aromatic nitrogens is 3. The van der Waals surface area contributed by atoms with E-state index in [1.165, 1.54) is 30.5 Å². The first kappa shape index (κ1) is 14.4. The molecule has 8 heteroatoms. The van der Waals surface area contributed by atoms with Gasteiger partial charge in [-0.2, -0.15) is 15.4 Å². The smallest absolute Gasteiger partial charge is 0.328 e. The number of carbonyl (C=O) groups is 2. The molecule has 0 radical (unpaired) electrons. The van der Waals surface area contributed by atoms with Crippen molar-refractivity contribution in [3.63, 3.8) is 0 Å². The number of H-pyrrole nitrogens is 1. The summed E-state index contributed by atoms with van der Waals surface area (Å²) in [6, 6.07) is 4.11. The maximum atomic E-state index is 13.6. The Kier molecular flexibility index (Phi) is 4.39. The highest BCUT2D eigenvalue weighted by Crippen LogP contribution is 2.12. The second-order valence-corrected chi connectivity index (χ2v) is 4.06. The topological polar surface area (TPSA) is 108 Å². The Morgan fingerprint density at radius 2 is 2.24 bits per heavy atom. The Morgan fingerprint density at radius 1 is 1.43 bits per heavy atom. The summed E-state index contributed by atoms with van der Waals surface area (Å²) < 4.78 is 13.6. The quantitative estimate of drug-likeness (QED) is 0.711. The van der Waals surface area contributed by atoms with Crippen LogP contribution in [0.1, 0.15) is 21.6 Å². The van der Waals surface area contributed by atoms with E-state index in [1.54, 1.807) is 0 Å². The normalized spacial score (nSPS) is 10.7. The van der Waals surface area contributed by atoms with E-state index in [2.05, 4.69) is 20.7 Å². The molecule has 3 N–H and O–H groups in total. The highest BCUT2D eigenvalue weighted by atomic mass is 19.1. The van der Waals surface area contributed by atoms with Gasteiger partial charge >= 0.3 is 5.97 Å². The zero-order chi connectivity index (χ0) is 15.2. The van der Waals surface area contributed by atoms with Crippen LogP contribution in [0.4, 0.5) is 4.39 Å². The van der Waals surface area contributed by atoms with Crippen molar-refractivity contribution < 1.29 is 19.1 Å². The lowest BCUT2D eigenvalue weighted by atomic mass is 10.1. The average molecular weight is 290 g/mol. The van der Waals surface area contributed by atoms with Gasteiger partial charge < -0.3 is 10.4 Å². The van der Waals surface area contributed by atoms with Gasteiger partial charge in [-0.1, -0.05) is 6.07 Å². The summed E-state index contributed by atoms with van der Waals surface area (Å²) in [5, 5.41) is 20.4. The Hall–Kier alpha value is -3.03. The zero-order valence-electron chi connectivity index (χ0n) is 10.7. The van der Waals surface area contributed by atoms with Crippen LogP contribution in [0.15, 0.2) is 30.5 Å². The number of carbonyl (C=O) groups excluding carboxylic acids is 1. The van der Waals surface area contributed by atoms with E-state index >= 15 is 0 Å². The first-order valence-electron chi connectivity index (χ1n) is 5.89. The standard InChI is InChI=1S/C13H11FN4O3/c14-10-3-1-8(2-4-12(19)20)5-9(10)6-15-13(21)11-7-16-18-17-11/h1-5,7H,6H2,(H,15,21)(H,19,20)(H,16,17,18)/b4-2+. The fourth-order valence-electron chi connectivity index (χ4n) is 1.58. The number of carboxylic acid groups (broad SMARTS) is 1. The highest BCUT2D eigenvalue weighted by molar-refractivity contribution is 5.91. The fraction of sp³-hybridized carbons (Fsp3) is 0.0769. The van der Waals surface area contributed by atoms with Crippen molar-refractivity contribution in [1.82, 2.24) is 20.7 Å². The summed E-state index contributed by atoms with van der Waals surface area (Å²) in [5.41, 5.74) is 0.848. The van der Waals surface area contributed by atoms with E-state index in [0.29, 0.717) is 5.56 Å². The van der Waals surface area contributed by atoms with Gasteiger partial charge in [0, 0.05) is 18.2 Å². The second kappa shape index (κ2) is 6.42. The number of hydrogen-bond acceptors (Lipinski definition) is 4. The number of aromatic amines is 1. The maximum Gasteiger partial charge on any atom is 0.328 e. The van der Waals surface area contributed by atoms with Crippen molar-refractivity contribution in [3.8, 4) is 0 Å². The van der Waals surface area contributed by atoms with Gasteiger partial charge in [0.15, 0.2) is 5.69 Å². The molecule has 1 aromatic carbocycles. The molecule has 0 aliphatic rings. The summed E-state index contributed by atoms with van der Waals surface area (Å²) in [6.45, 7) is -0.0493. The first-order valence-corrected chi connectivity index (χ1v) is 5.89. The first-order chi connectivity index (χ1) is 10.1. The van der Waals surface area contributed by atoms with Crippen LogP contribution in [-0.2, 0) is 11.3 Å². The molecule has 0 bridgehead atoms. The lowest BCUT2D eigenvalue weighted by Gasteiger charge is -2.06. The van der Waals surface area contributed by atoms with Crippen molar-refractivity contribution in [2.45, 2.75) is 6.54 Å². The van der Waals surface area contributed by atoms with E-state index < -0.39 is 17.7 Å². The van der Waals surface area contributed by atoms with Crippen molar-refractivity contribution in [3.05, 3.63) is 53.1 Å². The molecule has 1 aromatic heterocycles. The summed E-state index contributed by atoms with van der Waals surface area (Å²) in [5.74, 6) is -2.09. The van der Waals surface area contributed by atoms with E-state index in [9.17, 15) is 14.0 Å². The molecule has 0 fully saturated rings. The van der Waals surface area contributed by atoms with Crippen LogP contribution in [0.3, 0.4) is 0 Å². The van der Waals surface area contributed by atoms with Crippen LogP contribution in [0.25, 0.3) is 6.08 Å². The van der Waals surface area contributed by atoms with Gasteiger partial charge in [0.1, 0.15) is 5.82 Å². The molecular formula is C13H11FN4O3. The monoisotopic (exact) mass is 290 g/mol. The predicted octanol–water partition coefficient (Wildman–Crippen LogP) is 0.972. The van der Waals surface area contributed by atoms with E-state index in [4.69, 9.17) is 5.11 Å². The Labute approximate surface area is 118 Å². The molecule has 0 atom stereocenters. The lowest BCUT2D eigenvalue weighted by molar-refractivity contribution is -0.131.